The second-order valence-corrected chi connectivity index (χ2v) is 4.48. The maximum atomic E-state index is 11.8. The minimum absolute atomic E-state index is 0.00914. The predicted octanol–water partition coefficient (Wildman–Crippen LogP) is 2.04. The van der Waals surface area contributed by atoms with Gasteiger partial charge in [0.1, 0.15) is 13.2 Å². The van der Waals surface area contributed by atoms with Crippen LogP contribution in [0.1, 0.15) is 5.56 Å². The minimum Gasteiger partial charge on any atom is -0.448 e. The monoisotopic (exact) mass is 268 g/mol. The molecule has 1 aromatic rings. The van der Waals surface area contributed by atoms with E-state index in [2.05, 4.69) is 5.32 Å². The summed E-state index contributed by atoms with van der Waals surface area (Å²) in [6.45, 7) is 2.64. The van der Waals surface area contributed by atoms with Gasteiger partial charge >= 0.3 is 6.09 Å². The van der Waals surface area contributed by atoms with Gasteiger partial charge in [-0.15, -0.1) is 0 Å². The van der Waals surface area contributed by atoms with Crippen molar-refractivity contribution in [3.63, 3.8) is 0 Å². The number of benzene rings is 1. The summed E-state index contributed by atoms with van der Waals surface area (Å²) in [5.41, 5.74) is 1.57. The molecule has 1 N–H and O–H groups in total. The fourth-order valence-corrected chi connectivity index (χ4v) is 1.83. The number of ether oxygens (including phenoxy) is 1. The summed E-state index contributed by atoms with van der Waals surface area (Å²) in [7, 11) is 0. The molecule has 1 heterocycles. The number of rotatable bonds is 3. The van der Waals surface area contributed by atoms with Crippen LogP contribution in [0.5, 0.6) is 0 Å². The third-order valence-electron chi connectivity index (χ3n) is 2.65. The van der Waals surface area contributed by atoms with Crippen LogP contribution in [0.2, 0.25) is 5.02 Å². The van der Waals surface area contributed by atoms with E-state index in [1.165, 1.54) is 4.90 Å². The number of nitrogens with one attached hydrogen (secondary N) is 1. The number of nitrogens with zero attached hydrogens (tertiary/aromatic N) is 1. The molecule has 0 radical (unpaired) electrons. The van der Waals surface area contributed by atoms with Crippen LogP contribution >= 0.6 is 11.6 Å². The SMILES string of the molecule is Cc1ccc(Cl)cc1NC(=O)CN1CCOC1=O. The highest BCUT2D eigenvalue weighted by Crippen LogP contribution is 2.20. The maximum absolute atomic E-state index is 11.8. The summed E-state index contributed by atoms with van der Waals surface area (Å²) in [5.74, 6) is -0.265. The Labute approximate surface area is 110 Å². The van der Waals surface area contributed by atoms with Crippen molar-refractivity contribution in [2.45, 2.75) is 6.92 Å². The smallest absolute Gasteiger partial charge is 0.410 e. The first-order valence-electron chi connectivity index (χ1n) is 5.54. The number of cyclic esters (lactones) is 1. The van der Waals surface area contributed by atoms with Crippen molar-refractivity contribution in [1.29, 1.82) is 0 Å². The second kappa shape index (κ2) is 5.27. The molecule has 0 bridgehead atoms. The highest BCUT2D eigenvalue weighted by molar-refractivity contribution is 6.31. The summed E-state index contributed by atoms with van der Waals surface area (Å²) in [4.78, 5) is 24.3. The lowest BCUT2D eigenvalue weighted by molar-refractivity contribution is -0.116. The molecule has 1 fully saturated rings. The lowest BCUT2D eigenvalue weighted by atomic mass is 10.2. The summed E-state index contributed by atoms with van der Waals surface area (Å²) in [5, 5.41) is 3.28. The van der Waals surface area contributed by atoms with Gasteiger partial charge in [-0.1, -0.05) is 17.7 Å². The number of aryl methyl sites for hydroxylation is 1. The zero-order valence-electron chi connectivity index (χ0n) is 9.90. The van der Waals surface area contributed by atoms with E-state index in [4.69, 9.17) is 16.3 Å². The van der Waals surface area contributed by atoms with E-state index in [1.807, 2.05) is 13.0 Å². The van der Waals surface area contributed by atoms with Gasteiger partial charge in [0.25, 0.3) is 0 Å². The van der Waals surface area contributed by atoms with E-state index in [1.54, 1.807) is 12.1 Å². The van der Waals surface area contributed by atoms with Crippen LogP contribution in [-0.2, 0) is 9.53 Å². The maximum Gasteiger partial charge on any atom is 0.410 e. The van der Waals surface area contributed by atoms with Crippen LogP contribution in [0, 0.1) is 6.92 Å². The van der Waals surface area contributed by atoms with Gasteiger partial charge in [-0.3, -0.25) is 9.69 Å². The molecule has 96 valence electrons. The Bertz CT molecular complexity index is 490. The van der Waals surface area contributed by atoms with Crippen LogP contribution in [0.4, 0.5) is 10.5 Å². The molecular formula is C12H13ClN2O3. The lowest BCUT2D eigenvalue weighted by Gasteiger charge is -2.13. The normalized spacial score (nSPS) is 14.6. The lowest BCUT2D eigenvalue weighted by Crippen LogP contribution is -2.33. The largest absolute Gasteiger partial charge is 0.448 e. The topological polar surface area (TPSA) is 58.6 Å². The number of carbonyl (C=O) groups excluding carboxylic acids is 2. The molecule has 2 rings (SSSR count). The Hall–Kier alpha value is -1.75. The number of amides is 2. The van der Waals surface area contributed by atoms with E-state index in [-0.39, 0.29) is 12.5 Å². The molecule has 0 unspecified atom stereocenters. The van der Waals surface area contributed by atoms with E-state index >= 15 is 0 Å². The Morgan fingerprint density at radius 3 is 3.00 bits per heavy atom. The molecule has 5 nitrogen and oxygen atoms in total. The quantitative estimate of drug-likeness (QED) is 0.913. The van der Waals surface area contributed by atoms with Gasteiger partial charge in [0.2, 0.25) is 5.91 Å². The number of anilines is 1. The summed E-state index contributed by atoms with van der Waals surface area (Å²) in [6, 6.07) is 5.25. The number of carbonyl (C=O) groups is 2. The summed E-state index contributed by atoms with van der Waals surface area (Å²) < 4.78 is 4.75. The van der Waals surface area contributed by atoms with Crippen LogP contribution in [-0.4, -0.2) is 36.6 Å². The van der Waals surface area contributed by atoms with Gasteiger partial charge in [-0.25, -0.2) is 4.79 Å². The first kappa shape index (κ1) is 12.7. The number of hydrogen-bond donors (Lipinski definition) is 1. The predicted molar refractivity (Wildman–Crippen MR) is 67.7 cm³/mol. The molecule has 0 atom stereocenters. The standard InChI is InChI=1S/C12H13ClN2O3/c1-8-2-3-9(13)6-10(8)14-11(16)7-15-4-5-18-12(15)17/h2-3,6H,4-5,7H2,1H3,(H,14,16). The molecule has 1 saturated heterocycles. The van der Waals surface area contributed by atoms with Crippen LogP contribution < -0.4 is 5.32 Å². The second-order valence-electron chi connectivity index (χ2n) is 4.04. The van der Waals surface area contributed by atoms with E-state index in [0.717, 1.165) is 5.56 Å². The van der Waals surface area contributed by atoms with Gasteiger partial charge in [0.15, 0.2) is 0 Å². The molecule has 1 aliphatic rings. The van der Waals surface area contributed by atoms with E-state index in [9.17, 15) is 9.59 Å². The van der Waals surface area contributed by atoms with Crippen molar-refractivity contribution in [1.82, 2.24) is 4.90 Å². The molecule has 0 aliphatic carbocycles. The van der Waals surface area contributed by atoms with Gasteiger partial charge in [-0.05, 0) is 24.6 Å². The van der Waals surface area contributed by atoms with Crippen LogP contribution in [0.25, 0.3) is 0 Å². The fourth-order valence-electron chi connectivity index (χ4n) is 1.66. The average molecular weight is 269 g/mol. The summed E-state index contributed by atoms with van der Waals surface area (Å²) in [6.07, 6.45) is -0.451. The minimum atomic E-state index is -0.451. The van der Waals surface area contributed by atoms with Crippen LogP contribution in [0.3, 0.4) is 0 Å². The summed E-state index contributed by atoms with van der Waals surface area (Å²) >= 11 is 5.86. The molecule has 18 heavy (non-hydrogen) atoms. The fraction of sp³-hybridized carbons (Fsp3) is 0.333. The molecule has 6 heteroatoms. The Balaban J connectivity index is 1.98. The zero-order chi connectivity index (χ0) is 13.1. The molecular weight excluding hydrogens is 256 g/mol. The molecule has 2 amide bonds. The van der Waals surface area contributed by atoms with E-state index in [0.29, 0.717) is 23.9 Å². The van der Waals surface area contributed by atoms with Gasteiger partial charge < -0.3 is 10.1 Å². The van der Waals surface area contributed by atoms with Gasteiger partial charge in [0.05, 0.1) is 6.54 Å². The van der Waals surface area contributed by atoms with Crippen molar-refractivity contribution >= 4 is 29.3 Å². The van der Waals surface area contributed by atoms with Crippen LogP contribution in [0.15, 0.2) is 18.2 Å². The molecule has 1 aliphatic heterocycles. The number of halogens is 1. The third kappa shape index (κ3) is 2.92. The van der Waals surface area contributed by atoms with Gasteiger partial charge in [0, 0.05) is 10.7 Å². The molecule has 0 spiro atoms. The van der Waals surface area contributed by atoms with E-state index < -0.39 is 6.09 Å². The first-order chi connectivity index (χ1) is 8.56. The third-order valence-corrected chi connectivity index (χ3v) is 2.89. The van der Waals surface area contributed by atoms with Crippen molar-refractivity contribution in [2.24, 2.45) is 0 Å². The Morgan fingerprint density at radius 1 is 1.56 bits per heavy atom. The first-order valence-corrected chi connectivity index (χ1v) is 5.92. The van der Waals surface area contributed by atoms with Gasteiger partial charge in [-0.2, -0.15) is 0 Å². The highest BCUT2D eigenvalue weighted by Gasteiger charge is 2.24. The molecule has 0 saturated carbocycles. The Kier molecular flexibility index (Phi) is 3.72. The van der Waals surface area contributed by atoms with Crippen molar-refractivity contribution in [2.75, 3.05) is 25.0 Å². The molecule has 0 aromatic heterocycles. The average Bonchev–Trinajstić information content (AvgIpc) is 2.70. The van der Waals surface area contributed by atoms with Crippen molar-refractivity contribution < 1.29 is 14.3 Å². The molecule has 1 aromatic carbocycles. The van der Waals surface area contributed by atoms with Crippen molar-refractivity contribution in [3.05, 3.63) is 28.8 Å². The zero-order valence-corrected chi connectivity index (χ0v) is 10.7. The Morgan fingerprint density at radius 2 is 2.33 bits per heavy atom. The highest BCUT2D eigenvalue weighted by atomic mass is 35.5. The van der Waals surface area contributed by atoms with Crippen molar-refractivity contribution in [3.8, 4) is 0 Å². The number of hydrogen-bond acceptors (Lipinski definition) is 3.